The number of aliphatic hydroxyl groups excluding tert-OH is 1. The lowest BCUT2D eigenvalue weighted by Crippen LogP contribution is -2.36. The zero-order valence-electron chi connectivity index (χ0n) is 11.3. The molecule has 1 aliphatic rings. The first-order valence-electron chi connectivity index (χ1n) is 7.09. The number of nitrogens with zero attached hydrogens (tertiary/aromatic N) is 2. The Morgan fingerprint density at radius 3 is 3.00 bits per heavy atom. The van der Waals surface area contributed by atoms with Gasteiger partial charge in [-0.05, 0) is 24.3 Å². The highest BCUT2D eigenvalue weighted by Crippen LogP contribution is 2.24. The van der Waals surface area contributed by atoms with Crippen LogP contribution in [-0.4, -0.2) is 39.2 Å². The van der Waals surface area contributed by atoms with E-state index in [-0.39, 0.29) is 12.2 Å². The number of aromatic amines is 1. The Morgan fingerprint density at radius 2 is 2.25 bits per heavy atom. The summed E-state index contributed by atoms with van der Waals surface area (Å²) in [6.07, 6.45) is 4.84. The molecule has 0 atom stereocenters. The van der Waals surface area contributed by atoms with Crippen molar-refractivity contribution in [1.82, 2.24) is 14.9 Å². The number of hydrogen-bond acceptors (Lipinski definition) is 5. The second-order valence-electron chi connectivity index (χ2n) is 5.28. The van der Waals surface area contributed by atoms with Crippen LogP contribution in [0, 0.1) is 0 Å². The van der Waals surface area contributed by atoms with Crippen molar-refractivity contribution in [3.05, 3.63) is 27.6 Å². The number of rotatable bonds is 5. The third kappa shape index (κ3) is 2.77. The molecule has 2 aromatic rings. The summed E-state index contributed by atoms with van der Waals surface area (Å²) in [4.78, 5) is 21.6. The van der Waals surface area contributed by atoms with Crippen molar-refractivity contribution < 1.29 is 5.11 Å². The van der Waals surface area contributed by atoms with Gasteiger partial charge in [-0.15, -0.1) is 11.3 Å². The van der Waals surface area contributed by atoms with Gasteiger partial charge in [0.05, 0.1) is 18.7 Å². The quantitative estimate of drug-likeness (QED) is 0.881. The van der Waals surface area contributed by atoms with Gasteiger partial charge in [0.1, 0.15) is 10.5 Å². The Morgan fingerprint density at radius 1 is 1.45 bits per heavy atom. The maximum absolute atomic E-state index is 12.0. The fourth-order valence-corrected chi connectivity index (χ4v) is 3.70. The van der Waals surface area contributed by atoms with Crippen molar-refractivity contribution in [2.45, 2.75) is 38.3 Å². The summed E-state index contributed by atoms with van der Waals surface area (Å²) in [6.45, 7) is 1.38. The summed E-state index contributed by atoms with van der Waals surface area (Å²) in [5.41, 5.74) is 0.708. The van der Waals surface area contributed by atoms with Crippen molar-refractivity contribution >= 4 is 21.6 Å². The highest BCUT2D eigenvalue weighted by atomic mass is 32.1. The van der Waals surface area contributed by atoms with Crippen LogP contribution in [0.4, 0.5) is 0 Å². The molecule has 0 radical (unpaired) electrons. The van der Waals surface area contributed by atoms with Crippen LogP contribution >= 0.6 is 11.3 Å². The van der Waals surface area contributed by atoms with E-state index in [1.54, 1.807) is 0 Å². The van der Waals surface area contributed by atoms with Crippen LogP contribution in [0.5, 0.6) is 0 Å². The monoisotopic (exact) mass is 293 g/mol. The highest BCUT2D eigenvalue weighted by Gasteiger charge is 2.23. The number of aromatic nitrogens is 2. The average Bonchev–Trinajstić information content (AvgIpc) is 3.09. The van der Waals surface area contributed by atoms with Crippen LogP contribution in [0.25, 0.3) is 10.2 Å². The van der Waals surface area contributed by atoms with Crippen LogP contribution in [-0.2, 0) is 6.54 Å². The Kier molecular flexibility index (Phi) is 4.14. The third-order valence-corrected chi connectivity index (χ3v) is 4.85. The molecule has 0 saturated heterocycles. The number of nitrogens with one attached hydrogen (secondary N) is 1. The Hall–Kier alpha value is -1.24. The van der Waals surface area contributed by atoms with Crippen LogP contribution in [0.1, 0.15) is 31.5 Å². The molecule has 108 valence electrons. The van der Waals surface area contributed by atoms with E-state index >= 15 is 0 Å². The summed E-state index contributed by atoms with van der Waals surface area (Å²) < 4.78 is 0.684. The zero-order chi connectivity index (χ0) is 13.9. The first-order valence-corrected chi connectivity index (χ1v) is 7.97. The third-order valence-electron chi connectivity index (χ3n) is 3.95. The first-order chi connectivity index (χ1) is 9.78. The van der Waals surface area contributed by atoms with E-state index in [0.717, 1.165) is 5.52 Å². The summed E-state index contributed by atoms with van der Waals surface area (Å²) in [5.74, 6) is 0.696. The second-order valence-corrected chi connectivity index (χ2v) is 6.20. The van der Waals surface area contributed by atoms with Gasteiger partial charge in [-0.1, -0.05) is 12.8 Å². The summed E-state index contributed by atoms with van der Waals surface area (Å²) in [7, 11) is 0. The lowest BCUT2D eigenvalue weighted by molar-refractivity contribution is 0.142. The van der Waals surface area contributed by atoms with Gasteiger partial charge in [0.15, 0.2) is 0 Å². The molecule has 0 unspecified atom stereocenters. The van der Waals surface area contributed by atoms with Crippen LogP contribution in [0.3, 0.4) is 0 Å². The summed E-state index contributed by atoms with van der Waals surface area (Å²) in [5, 5.41) is 11.1. The van der Waals surface area contributed by atoms with Crippen LogP contribution < -0.4 is 5.56 Å². The van der Waals surface area contributed by atoms with E-state index < -0.39 is 0 Å². The van der Waals surface area contributed by atoms with Gasteiger partial charge in [0, 0.05) is 12.6 Å². The number of hydrogen-bond donors (Lipinski definition) is 2. The molecule has 2 aromatic heterocycles. The van der Waals surface area contributed by atoms with E-state index in [1.807, 2.05) is 11.4 Å². The van der Waals surface area contributed by atoms with Crippen molar-refractivity contribution in [2.24, 2.45) is 0 Å². The number of thiophene rings is 1. The normalized spacial score (nSPS) is 16.5. The molecule has 0 aromatic carbocycles. The Labute approximate surface area is 121 Å². The average molecular weight is 293 g/mol. The maximum atomic E-state index is 12.0. The SMILES string of the molecule is O=c1[nH]c(CN(CCO)C2CCCC2)nc2ccsc12. The van der Waals surface area contributed by atoms with Crippen molar-refractivity contribution in [2.75, 3.05) is 13.2 Å². The van der Waals surface area contributed by atoms with Gasteiger partial charge in [-0.2, -0.15) is 0 Å². The molecule has 1 aliphatic carbocycles. The zero-order valence-corrected chi connectivity index (χ0v) is 12.2. The van der Waals surface area contributed by atoms with Gasteiger partial charge in [-0.25, -0.2) is 4.98 Å². The van der Waals surface area contributed by atoms with E-state index in [9.17, 15) is 9.90 Å². The predicted molar refractivity (Wildman–Crippen MR) is 80.0 cm³/mol. The molecule has 20 heavy (non-hydrogen) atoms. The van der Waals surface area contributed by atoms with E-state index in [4.69, 9.17) is 0 Å². The molecule has 2 heterocycles. The lowest BCUT2D eigenvalue weighted by atomic mass is 10.2. The van der Waals surface area contributed by atoms with Crippen LogP contribution in [0.2, 0.25) is 0 Å². The standard InChI is InChI=1S/C14H19N3O2S/c18-7-6-17(10-3-1-2-4-10)9-12-15-11-5-8-20-13(11)14(19)16-12/h5,8,10,18H,1-4,6-7,9H2,(H,15,16,19). The largest absolute Gasteiger partial charge is 0.395 e. The van der Waals surface area contributed by atoms with Gasteiger partial charge < -0.3 is 10.1 Å². The first kappa shape index (κ1) is 13.7. The smallest absolute Gasteiger partial charge is 0.268 e. The molecule has 0 amide bonds. The molecule has 2 N–H and O–H groups in total. The van der Waals surface area contributed by atoms with Crippen molar-refractivity contribution in [3.8, 4) is 0 Å². The van der Waals surface area contributed by atoms with Gasteiger partial charge in [-0.3, -0.25) is 9.69 Å². The fraction of sp³-hybridized carbons (Fsp3) is 0.571. The number of H-pyrrole nitrogens is 1. The molecule has 6 heteroatoms. The van der Waals surface area contributed by atoms with Gasteiger partial charge >= 0.3 is 0 Å². The molecular weight excluding hydrogens is 274 g/mol. The van der Waals surface area contributed by atoms with Gasteiger partial charge in [0.25, 0.3) is 5.56 Å². The minimum Gasteiger partial charge on any atom is -0.395 e. The number of fused-ring (bicyclic) bond motifs is 1. The van der Waals surface area contributed by atoms with Crippen molar-refractivity contribution in [3.63, 3.8) is 0 Å². The molecular formula is C14H19N3O2S. The molecule has 0 bridgehead atoms. The summed E-state index contributed by atoms with van der Waals surface area (Å²) in [6, 6.07) is 2.38. The molecule has 1 fully saturated rings. The molecule has 0 spiro atoms. The second kappa shape index (κ2) is 6.03. The Balaban J connectivity index is 1.83. The molecule has 3 rings (SSSR count). The van der Waals surface area contributed by atoms with E-state index in [2.05, 4.69) is 14.9 Å². The minimum absolute atomic E-state index is 0.0598. The van der Waals surface area contributed by atoms with Crippen LogP contribution in [0.15, 0.2) is 16.2 Å². The molecule has 1 saturated carbocycles. The summed E-state index contributed by atoms with van der Waals surface area (Å²) >= 11 is 1.42. The molecule has 0 aliphatic heterocycles. The maximum Gasteiger partial charge on any atom is 0.268 e. The Bertz CT molecular complexity index is 631. The van der Waals surface area contributed by atoms with Crippen molar-refractivity contribution in [1.29, 1.82) is 0 Å². The van der Waals surface area contributed by atoms with Gasteiger partial charge in [0.2, 0.25) is 0 Å². The predicted octanol–water partition coefficient (Wildman–Crippen LogP) is 1.72. The topological polar surface area (TPSA) is 69.2 Å². The minimum atomic E-state index is -0.0598. The highest BCUT2D eigenvalue weighted by molar-refractivity contribution is 7.17. The number of aliphatic hydroxyl groups is 1. The fourth-order valence-electron chi connectivity index (χ4n) is 2.98. The van der Waals surface area contributed by atoms with E-state index in [1.165, 1.54) is 37.0 Å². The van der Waals surface area contributed by atoms with E-state index in [0.29, 0.717) is 29.7 Å². The molecule has 5 nitrogen and oxygen atoms in total. The lowest BCUT2D eigenvalue weighted by Gasteiger charge is -2.27.